The van der Waals surface area contributed by atoms with Crippen LogP contribution in [-0.4, -0.2) is 38.9 Å². The Bertz CT molecular complexity index is 528. The van der Waals surface area contributed by atoms with Crippen LogP contribution in [0.4, 0.5) is 4.39 Å². The Morgan fingerprint density at radius 2 is 2.06 bits per heavy atom. The number of benzene rings is 1. The molecule has 0 bridgehead atoms. The van der Waals surface area contributed by atoms with Gasteiger partial charge in [-0.15, -0.1) is 0 Å². The lowest BCUT2D eigenvalue weighted by molar-refractivity contribution is 0.427. The molecule has 0 radical (unpaired) electrons. The molecular weight excluding hydrogens is 323 g/mol. The maximum Gasteiger partial charge on any atom is 0.246 e. The predicted octanol–water partition coefficient (Wildman–Crippen LogP) is 1.57. The minimum Gasteiger partial charge on any atom is -0.315 e. The van der Waals surface area contributed by atoms with Crippen LogP contribution in [0, 0.1) is 5.82 Å². The standard InChI is InChI=1S/C11H14BrFN2O2S/c12-9-3-1-4-10(11(9)13)18(16,17)15-7-2-5-14-6-8-15/h1,3-4,14H,2,5-8H2. The quantitative estimate of drug-likeness (QED) is 0.891. The number of sulfonamides is 1. The molecule has 1 aromatic rings. The molecule has 1 aromatic carbocycles. The lowest BCUT2D eigenvalue weighted by Crippen LogP contribution is -2.34. The topological polar surface area (TPSA) is 49.4 Å². The van der Waals surface area contributed by atoms with Crippen molar-refractivity contribution in [3.05, 3.63) is 28.5 Å². The van der Waals surface area contributed by atoms with Gasteiger partial charge in [0.15, 0.2) is 5.82 Å². The highest BCUT2D eigenvalue weighted by molar-refractivity contribution is 9.10. The molecule has 1 fully saturated rings. The number of hydrogen-bond acceptors (Lipinski definition) is 3. The van der Waals surface area contributed by atoms with Crippen LogP contribution >= 0.6 is 15.9 Å². The minimum absolute atomic E-state index is 0.163. The smallest absolute Gasteiger partial charge is 0.246 e. The summed E-state index contributed by atoms with van der Waals surface area (Å²) in [6.07, 6.45) is 0.731. The van der Waals surface area contributed by atoms with E-state index in [1.807, 2.05) is 0 Å². The normalized spacial score (nSPS) is 18.6. The fourth-order valence-electron chi connectivity index (χ4n) is 1.88. The van der Waals surface area contributed by atoms with E-state index >= 15 is 0 Å². The molecule has 4 nitrogen and oxygen atoms in total. The first-order valence-electron chi connectivity index (χ1n) is 5.68. The summed E-state index contributed by atoms with van der Waals surface area (Å²) in [6, 6.07) is 4.31. The molecule has 1 N–H and O–H groups in total. The van der Waals surface area contributed by atoms with Crippen LogP contribution in [-0.2, 0) is 10.0 Å². The summed E-state index contributed by atoms with van der Waals surface area (Å²) in [4.78, 5) is -0.265. The van der Waals surface area contributed by atoms with Crippen molar-refractivity contribution in [2.45, 2.75) is 11.3 Å². The van der Waals surface area contributed by atoms with Gasteiger partial charge in [-0.25, -0.2) is 12.8 Å². The second-order valence-corrected chi connectivity index (χ2v) is 6.82. The Morgan fingerprint density at radius 3 is 2.83 bits per heavy atom. The Morgan fingerprint density at radius 1 is 1.28 bits per heavy atom. The SMILES string of the molecule is O=S(=O)(c1cccc(Br)c1F)N1CCCNCC1. The van der Waals surface area contributed by atoms with Gasteiger partial charge in [0.1, 0.15) is 4.90 Å². The molecule has 0 atom stereocenters. The van der Waals surface area contributed by atoms with E-state index in [-0.39, 0.29) is 9.37 Å². The third-order valence-corrected chi connectivity index (χ3v) is 5.36. The Hall–Kier alpha value is -0.500. The molecule has 0 saturated carbocycles. The van der Waals surface area contributed by atoms with E-state index in [0.717, 1.165) is 13.0 Å². The molecular formula is C11H14BrFN2O2S. The summed E-state index contributed by atoms with van der Waals surface area (Å²) in [5, 5.41) is 3.12. The molecule has 18 heavy (non-hydrogen) atoms. The van der Waals surface area contributed by atoms with Crippen LogP contribution in [0.3, 0.4) is 0 Å². The number of halogens is 2. The monoisotopic (exact) mass is 336 g/mol. The summed E-state index contributed by atoms with van der Waals surface area (Å²) < 4.78 is 40.1. The Kier molecular flexibility index (Phi) is 4.37. The van der Waals surface area contributed by atoms with Gasteiger partial charge in [0.25, 0.3) is 0 Å². The highest BCUT2D eigenvalue weighted by atomic mass is 79.9. The zero-order valence-electron chi connectivity index (χ0n) is 9.70. The molecule has 1 aliphatic heterocycles. The van der Waals surface area contributed by atoms with Gasteiger partial charge in [0, 0.05) is 19.6 Å². The number of nitrogens with one attached hydrogen (secondary N) is 1. The van der Waals surface area contributed by atoms with Crippen LogP contribution < -0.4 is 5.32 Å². The van der Waals surface area contributed by atoms with Crippen molar-refractivity contribution in [2.75, 3.05) is 26.2 Å². The fourth-order valence-corrected chi connectivity index (χ4v) is 3.95. The molecule has 100 valence electrons. The van der Waals surface area contributed by atoms with E-state index in [1.165, 1.54) is 22.5 Å². The maximum atomic E-state index is 13.9. The van der Waals surface area contributed by atoms with Crippen LogP contribution in [0.2, 0.25) is 0 Å². The van der Waals surface area contributed by atoms with Crippen molar-refractivity contribution >= 4 is 26.0 Å². The highest BCUT2D eigenvalue weighted by Crippen LogP contribution is 2.25. The van der Waals surface area contributed by atoms with E-state index in [1.54, 1.807) is 0 Å². The summed E-state index contributed by atoms with van der Waals surface area (Å²) in [6.45, 7) is 2.16. The van der Waals surface area contributed by atoms with Gasteiger partial charge in [-0.2, -0.15) is 4.31 Å². The van der Waals surface area contributed by atoms with Crippen molar-refractivity contribution in [3.8, 4) is 0 Å². The van der Waals surface area contributed by atoms with Gasteiger partial charge in [-0.3, -0.25) is 0 Å². The lowest BCUT2D eigenvalue weighted by atomic mass is 10.3. The van der Waals surface area contributed by atoms with Crippen LogP contribution in [0.15, 0.2) is 27.6 Å². The molecule has 0 aliphatic carbocycles. The Balaban J connectivity index is 2.38. The summed E-state index contributed by atoms with van der Waals surface area (Å²) >= 11 is 3.01. The molecule has 0 unspecified atom stereocenters. The van der Waals surface area contributed by atoms with Crippen molar-refractivity contribution in [3.63, 3.8) is 0 Å². The first-order chi connectivity index (χ1) is 8.53. The van der Waals surface area contributed by atoms with E-state index in [0.29, 0.717) is 19.6 Å². The third kappa shape index (κ3) is 2.74. The number of nitrogens with zero attached hydrogens (tertiary/aromatic N) is 1. The zero-order valence-corrected chi connectivity index (χ0v) is 12.1. The number of hydrogen-bond donors (Lipinski definition) is 1. The molecule has 1 aliphatic rings. The van der Waals surface area contributed by atoms with Crippen LogP contribution in [0.1, 0.15) is 6.42 Å². The van der Waals surface area contributed by atoms with E-state index in [4.69, 9.17) is 0 Å². The van der Waals surface area contributed by atoms with Gasteiger partial charge in [-0.1, -0.05) is 6.07 Å². The largest absolute Gasteiger partial charge is 0.315 e. The van der Waals surface area contributed by atoms with Gasteiger partial charge in [0.2, 0.25) is 10.0 Å². The van der Waals surface area contributed by atoms with Crippen LogP contribution in [0.5, 0.6) is 0 Å². The first kappa shape index (κ1) is 13.9. The molecule has 1 heterocycles. The maximum absolute atomic E-state index is 13.9. The zero-order chi connectivity index (χ0) is 13.2. The molecule has 0 amide bonds. The third-order valence-electron chi connectivity index (χ3n) is 2.83. The molecule has 0 aromatic heterocycles. The first-order valence-corrected chi connectivity index (χ1v) is 7.91. The van der Waals surface area contributed by atoms with E-state index < -0.39 is 15.8 Å². The van der Waals surface area contributed by atoms with E-state index in [9.17, 15) is 12.8 Å². The summed E-state index contributed by atoms with van der Waals surface area (Å²) in [5.74, 6) is -0.727. The van der Waals surface area contributed by atoms with Gasteiger partial charge in [0.05, 0.1) is 4.47 Å². The number of rotatable bonds is 2. The summed E-state index contributed by atoms with van der Waals surface area (Å²) in [7, 11) is -3.75. The van der Waals surface area contributed by atoms with Crippen molar-refractivity contribution in [1.82, 2.24) is 9.62 Å². The van der Waals surface area contributed by atoms with Crippen molar-refractivity contribution in [1.29, 1.82) is 0 Å². The fraction of sp³-hybridized carbons (Fsp3) is 0.455. The Labute approximate surface area is 114 Å². The highest BCUT2D eigenvalue weighted by Gasteiger charge is 2.28. The van der Waals surface area contributed by atoms with Crippen molar-refractivity contribution < 1.29 is 12.8 Å². The molecule has 7 heteroatoms. The average molecular weight is 337 g/mol. The molecule has 1 saturated heterocycles. The molecule has 0 spiro atoms. The second-order valence-electron chi connectivity index (χ2n) is 4.06. The predicted molar refractivity (Wildman–Crippen MR) is 70.3 cm³/mol. The van der Waals surface area contributed by atoms with E-state index in [2.05, 4.69) is 21.2 Å². The lowest BCUT2D eigenvalue weighted by Gasteiger charge is -2.20. The summed E-state index contributed by atoms with van der Waals surface area (Å²) in [5.41, 5.74) is 0. The second kappa shape index (κ2) is 5.64. The minimum atomic E-state index is -3.75. The van der Waals surface area contributed by atoms with Crippen molar-refractivity contribution in [2.24, 2.45) is 0 Å². The van der Waals surface area contributed by atoms with Crippen LogP contribution in [0.25, 0.3) is 0 Å². The molecule has 2 rings (SSSR count). The average Bonchev–Trinajstić information content (AvgIpc) is 2.61. The van der Waals surface area contributed by atoms with Gasteiger partial charge >= 0.3 is 0 Å². The van der Waals surface area contributed by atoms with Gasteiger partial charge in [-0.05, 0) is 41.0 Å². The van der Waals surface area contributed by atoms with Gasteiger partial charge < -0.3 is 5.32 Å².